The third kappa shape index (κ3) is 3.22. The number of rotatable bonds is 4. The lowest BCUT2D eigenvalue weighted by atomic mass is 10.1. The number of nitrogens with zero attached hydrogens (tertiary/aromatic N) is 3. The van der Waals surface area contributed by atoms with Crippen LogP contribution in [0.3, 0.4) is 0 Å². The Balaban J connectivity index is 1.67. The number of aryl methyl sites for hydroxylation is 1. The molecule has 2 atom stereocenters. The van der Waals surface area contributed by atoms with E-state index in [-0.39, 0.29) is 23.7 Å². The maximum atomic E-state index is 12.2. The van der Waals surface area contributed by atoms with Crippen molar-refractivity contribution in [2.75, 3.05) is 13.2 Å². The molecule has 3 heterocycles. The minimum Gasteiger partial charge on any atom is -0.470 e. The molecule has 1 fully saturated rings. The third-order valence-corrected chi connectivity index (χ3v) is 3.40. The quantitative estimate of drug-likeness (QED) is 0.889. The number of amides is 1. The Morgan fingerprint density at radius 1 is 1.41 bits per heavy atom. The van der Waals surface area contributed by atoms with Crippen LogP contribution in [0.2, 0.25) is 0 Å². The summed E-state index contributed by atoms with van der Waals surface area (Å²) >= 11 is 0. The number of carbonyl (C=O) groups is 1. The predicted octanol–water partition coefficient (Wildman–Crippen LogP) is 0.739. The SMILES string of the molecule is Cc1nonc1C(=O)N[C@@H]1CCOC[C@H]1Oc1ccccn1. The van der Waals surface area contributed by atoms with Gasteiger partial charge in [0.05, 0.1) is 12.6 Å². The molecule has 1 aliphatic heterocycles. The van der Waals surface area contributed by atoms with Crippen LogP contribution in [0.25, 0.3) is 0 Å². The minimum atomic E-state index is -0.333. The molecule has 22 heavy (non-hydrogen) atoms. The molecule has 1 N–H and O–H groups in total. The second-order valence-corrected chi connectivity index (χ2v) is 4.97. The van der Waals surface area contributed by atoms with Crippen LogP contribution in [-0.2, 0) is 4.74 Å². The molecule has 0 saturated carbocycles. The number of carbonyl (C=O) groups excluding carboxylic acids is 1. The van der Waals surface area contributed by atoms with E-state index < -0.39 is 0 Å². The molecular weight excluding hydrogens is 288 g/mol. The van der Waals surface area contributed by atoms with E-state index in [0.29, 0.717) is 31.2 Å². The molecule has 0 aromatic carbocycles. The zero-order chi connectivity index (χ0) is 15.4. The Morgan fingerprint density at radius 3 is 3.05 bits per heavy atom. The molecule has 116 valence electrons. The molecule has 0 spiro atoms. The van der Waals surface area contributed by atoms with Crippen molar-refractivity contribution in [3.63, 3.8) is 0 Å². The predicted molar refractivity (Wildman–Crippen MR) is 74.4 cm³/mol. The molecule has 3 rings (SSSR count). The number of hydrogen-bond acceptors (Lipinski definition) is 7. The second kappa shape index (κ2) is 6.52. The first-order chi connectivity index (χ1) is 10.7. The summed E-state index contributed by atoms with van der Waals surface area (Å²) in [5.41, 5.74) is 0.634. The van der Waals surface area contributed by atoms with Gasteiger partial charge in [-0.1, -0.05) is 11.2 Å². The summed E-state index contributed by atoms with van der Waals surface area (Å²) in [6, 6.07) is 5.21. The van der Waals surface area contributed by atoms with Crippen molar-refractivity contribution in [3.8, 4) is 5.88 Å². The fraction of sp³-hybridized carbons (Fsp3) is 0.429. The molecule has 0 bridgehead atoms. The number of aromatic nitrogens is 3. The highest BCUT2D eigenvalue weighted by Gasteiger charge is 2.30. The highest BCUT2D eigenvalue weighted by atomic mass is 16.6. The molecule has 1 saturated heterocycles. The zero-order valence-corrected chi connectivity index (χ0v) is 12.1. The lowest BCUT2D eigenvalue weighted by molar-refractivity contribution is -0.0153. The molecule has 2 aromatic heterocycles. The fourth-order valence-corrected chi connectivity index (χ4v) is 2.24. The molecule has 1 aliphatic rings. The number of nitrogens with one attached hydrogen (secondary N) is 1. The van der Waals surface area contributed by atoms with Gasteiger partial charge >= 0.3 is 0 Å². The first kappa shape index (κ1) is 14.5. The lowest BCUT2D eigenvalue weighted by Gasteiger charge is -2.31. The molecule has 8 heteroatoms. The van der Waals surface area contributed by atoms with Crippen molar-refractivity contribution in [2.45, 2.75) is 25.5 Å². The second-order valence-electron chi connectivity index (χ2n) is 4.97. The Bertz CT molecular complexity index is 631. The van der Waals surface area contributed by atoms with Gasteiger partial charge in [-0.2, -0.15) is 0 Å². The van der Waals surface area contributed by atoms with Crippen LogP contribution in [0.1, 0.15) is 22.6 Å². The highest BCUT2D eigenvalue weighted by molar-refractivity contribution is 5.93. The van der Waals surface area contributed by atoms with Gasteiger partial charge < -0.3 is 14.8 Å². The molecule has 1 amide bonds. The molecule has 0 unspecified atom stereocenters. The Hall–Kier alpha value is -2.48. The van der Waals surface area contributed by atoms with Gasteiger partial charge in [0.25, 0.3) is 5.91 Å². The summed E-state index contributed by atoms with van der Waals surface area (Å²) in [6.07, 6.45) is 1.98. The number of ether oxygens (including phenoxy) is 2. The first-order valence-electron chi connectivity index (χ1n) is 6.99. The normalized spacial score (nSPS) is 21.3. The largest absolute Gasteiger partial charge is 0.470 e. The Labute approximate surface area is 126 Å². The van der Waals surface area contributed by atoms with E-state index >= 15 is 0 Å². The van der Waals surface area contributed by atoms with Crippen molar-refractivity contribution in [3.05, 3.63) is 35.8 Å². The van der Waals surface area contributed by atoms with Crippen molar-refractivity contribution < 1.29 is 18.9 Å². The van der Waals surface area contributed by atoms with Crippen LogP contribution in [0.4, 0.5) is 0 Å². The lowest BCUT2D eigenvalue weighted by Crippen LogP contribution is -2.51. The molecule has 0 aliphatic carbocycles. The Morgan fingerprint density at radius 2 is 2.32 bits per heavy atom. The van der Waals surface area contributed by atoms with E-state index in [1.807, 2.05) is 12.1 Å². The monoisotopic (exact) mass is 304 g/mol. The smallest absolute Gasteiger partial charge is 0.275 e. The van der Waals surface area contributed by atoms with Crippen LogP contribution in [-0.4, -0.2) is 46.6 Å². The van der Waals surface area contributed by atoms with Gasteiger partial charge in [0, 0.05) is 18.9 Å². The topological polar surface area (TPSA) is 99.4 Å². The van der Waals surface area contributed by atoms with Crippen molar-refractivity contribution in [1.82, 2.24) is 20.6 Å². The maximum absolute atomic E-state index is 12.2. The van der Waals surface area contributed by atoms with Crippen LogP contribution >= 0.6 is 0 Å². The summed E-state index contributed by atoms with van der Waals surface area (Å²) in [4.78, 5) is 16.3. The minimum absolute atomic E-state index is 0.183. The number of hydrogen-bond donors (Lipinski definition) is 1. The molecule has 0 radical (unpaired) electrons. The highest BCUT2D eigenvalue weighted by Crippen LogP contribution is 2.16. The summed E-state index contributed by atoms with van der Waals surface area (Å²) in [6.45, 7) is 2.61. The zero-order valence-electron chi connectivity index (χ0n) is 12.1. The molecule has 8 nitrogen and oxygen atoms in total. The molecular formula is C14H16N4O4. The van der Waals surface area contributed by atoms with Crippen LogP contribution in [0.15, 0.2) is 29.0 Å². The van der Waals surface area contributed by atoms with Crippen molar-refractivity contribution in [1.29, 1.82) is 0 Å². The summed E-state index contributed by atoms with van der Waals surface area (Å²) in [5, 5.41) is 10.1. The van der Waals surface area contributed by atoms with E-state index in [0.717, 1.165) is 0 Å². The van der Waals surface area contributed by atoms with Crippen LogP contribution < -0.4 is 10.1 Å². The first-order valence-corrected chi connectivity index (χ1v) is 6.99. The summed E-state index contributed by atoms with van der Waals surface area (Å²) < 4.78 is 15.8. The Kier molecular flexibility index (Phi) is 4.29. The summed E-state index contributed by atoms with van der Waals surface area (Å²) in [5.74, 6) is 0.164. The van der Waals surface area contributed by atoms with E-state index in [9.17, 15) is 4.79 Å². The van der Waals surface area contributed by atoms with E-state index in [2.05, 4.69) is 25.2 Å². The number of pyridine rings is 1. The molecule has 2 aromatic rings. The van der Waals surface area contributed by atoms with Gasteiger partial charge in [-0.25, -0.2) is 9.61 Å². The average Bonchev–Trinajstić information content (AvgIpc) is 2.96. The van der Waals surface area contributed by atoms with E-state index in [1.54, 1.807) is 19.2 Å². The van der Waals surface area contributed by atoms with Crippen LogP contribution in [0.5, 0.6) is 5.88 Å². The van der Waals surface area contributed by atoms with Gasteiger partial charge in [-0.3, -0.25) is 4.79 Å². The van der Waals surface area contributed by atoms with E-state index in [1.165, 1.54) is 0 Å². The van der Waals surface area contributed by atoms with Crippen molar-refractivity contribution in [2.24, 2.45) is 0 Å². The standard InChI is InChI=1S/C14H16N4O4/c1-9-13(18-22-17-9)14(19)16-10-5-7-20-8-11(10)21-12-4-2-3-6-15-12/h2-4,6,10-11H,5,7-8H2,1H3,(H,16,19)/t10-,11-/m1/s1. The van der Waals surface area contributed by atoms with E-state index in [4.69, 9.17) is 9.47 Å². The summed E-state index contributed by atoms with van der Waals surface area (Å²) in [7, 11) is 0. The van der Waals surface area contributed by atoms with Crippen molar-refractivity contribution >= 4 is 5.91 Å². The van der Waals surface area contributed by atoms with Gasteiger partial charge in [0.2, 0.25) is 5.88 Å². The van der Waals surface area contributed by atoms with Gasteiger partial charge in [0.1, 0.15) is 11.8 Å². The fourth-order valence-electron chi connectivity index (χ4n) is 2.24. The van der Waals surface area contributed by atoms with Crippen LogP contribution in [0, 0.1) is 6.92 Å². The van der Waals surface area contributed by atoms with Gasteiger partial charge in [0.15, 0.2) is 5.69 Å². The average molecular weight is 304 g/mol. The third-order valence-electron chi connectivity index (χ3n) is 3.40. The van der Waals surface area contributed by atoms with Gasteiger partial charge in [-0.15, -0.1) is 0 Å². The maximum Gasteiger partial charge on any atom is 0.275 e. The van der Waals surface area contributed by atoms with Gasteiger partial charge in [-0.05, 0) is 24.6 Å².